The van der Waals surface area contributed by atoms with E-state index in [9.17, 15) is 0 Å². The summed E-state index contributed by atoms with van der Waals surface area (Å²) < 4.78 is 0. The molecule has 2 N–H and O–H groups in total. The Morgan fingerprint density at radius 1 is 1.20 bits per heavy atom. The van der Waals surface area contributed by atoms with E-state index in [1.807, 2.05) is 0 Å². The van der Waals surface area contributed by atoms with Crippen LogP contribution in [0.2, 0.25) is 0 Å². The summed E-state index contributed by atoms with van der Waals surface area (Å²) in [6.45, 7) is 0. The average Bonchev–Trinajstić information content (AvgIpc) is 1.76. The second-order valence-electron chi connectivity index (χ2n) is 1.12. The Labute approximate surface area is 29.4 Å². The molecule has 2 nitrogen and oxygen atoms in total. The molecule has 0 amide bonds. The van der Waals surface area contributed by atoms with Gasteiger partial charge in [-0.05, 0) is 12.2 Å². The van der Waals surface area contributed by atoms with Gasteiger partial charge in [-0.1, -0.05) is 0 Å². The Morgan fingerprint density at radius 3 is 1.40 bits per heavy atom. The van der Waals surface area contributed by atoms with E-state index in [0.717, 1.165) is 0 Å². The van der Waals surface area contributed by atoms with E-state index in [1.165, 1.54) is 12.2 Å². The molecule has 0 aromatic carbocycles. The lowest BCUT2D eigenvalue weighted by Gasteiger charge is -1.88. The smallest absolute Gasteiger partial charge is 0.203 e. The van der Waals surface area contributed by atoms with Gasteiger partial charge in [0.1, 0.15) is 0 Å². The zero-order valence-electron chi connectivity index (χ0n) is 2.55. The predicted octanol–water partition coefficient (Wildman–Crippen LogP) is -0.763. The fourth-order valence-electron chi connectivity index (χ4n) is 0.0745. The molecular weight excluding hydrogens is 68.0 g/mol. The molecule has 0 spiro atoms. The highest BCUT2D eigenvalue weighted by atomic mass is 16.5. The third kappa shape index (κ3) is 0.464. The number of rotatable bonds is 0. The molecule has 0 unspecified atom stereocenters. The monoisotopic (exact) mass is 72.0 g/mol. The van der Waals surface area contributed by atoms with Crippen LogP contribution in [0.1, 0.15) is 0 Å². The van der Waals surface area contributed by atoms with Crippen LogP contribution in [-0.2, 0) is 0 Å². The average molecular weight is 72.1 g/mol. The summed E-state index contributed by atoms with van der Waals surface area (Å²) in [4.78, 5) is 0. The van der Waals surface area contributed by atoms with E-state index < -0.39 is 5.79 Å². The second-order valence-corrected chi connectivity index (χ2v) is 1.12. The molecule has 0 radical (unpaired) electrons. The Hall–Kier alpha value is -0.340. The van der Waals surface area contributed by atoms with Gasteiger partial charge in [0.25, 0.3) is 0 Å². The molecule has 0 heterocycles. The number of aliphatic hydroxyl groups is 2. The van der Waals surface area contributed by atoms with Crippen molar-refractivity contribution in [3.63, 3.8) is 0 Å². The molecule has 0 bridgehead atoms. The first kappa shape index (κ1) is 2.87. The van der Waals surface area contributed by atoms with Crippen molar-refractivity contribution in [1.82, 2.24) is 0 Å². The highest BCUT2D eigenvalue weighted by Gasteiger charge is 2.25. The van der Waals surface area contributed by atoms with Gasteiger partial charge in [0.15, 0.2) is 0 Å². The predicted molar refractivity (Wildman–Crippen MR) is 16.3 cm³/mol. The van der Waals surface area contributed by atoms with Crippen LogP contribution in [0.25, 0.3) is 0 Å². The fourth-order valence-corrected chi connectivity index (χ4v) is 0.0745. The van der Waals surface area contributed by atoms with Crippen molar-refractivity contribution in [3.8, 4) is 0 Å². The second kappa shape index (κ2) is 0.441. The molecule has 28 valence electrons. The fraction of sp³-hybridized carbons (Fsp3) is 0.333. The molecule has 2 heteroatoms. The van der Waals surface area contributed by atoms with E-state index in [-0.39, 0.29) is 0 Å². The first-order valence-electron chi connectivity index (χ1n) is 1.36. The lowest BCUT2D eigenvalue weighted by molar-refractivity contribution is -0.0424. The maximum absolute atomic E-state index is 8.08. The highest BCUT2D eigenvalue weighted by Crippen LogP contribution is 2.16. The van der Waals surface area contributed by atoms with Crippen molar-refractivity contribution < 1.29 is 10.2 Å². The zero-order chi connectivity index (χ0) is 3.91. The van der Waals surface area contributed by atoms with Crippen molar-refractivity contribution >= 4 is 0 Å². The standard InChI is InChI=1S/C3H4O2/c4-3(5)1-2-3/h1-2,4-5H. The molecular formula is C3H4O2. The van der Waals surface area contributed by atoms with Crippen LogP contribution >= 0.6 is 0 Å². The van der Waals surface area contributed by atoms with E-state index in [2.05, 4.69) is 0 Å². The summed E-state index contributed by atoms with van der Waals surface area (Å²) >= 11 is 0. The Morgan fingerprint density at radius 2 is 1.40 bits per heavy atom. The van der Waals surface area contributed by atoms with Crippen LogP contribution < -0.4 is 0 Å². The van der Waals surface area contributed by atoms with Gasteiger partial charge in [0.05, 0.1) is 0 Å². The molecule has 0 aromatic rings. The first-order chi connectivity index (χ1) is 2.21. The van der Waals surface area contributed by atoms with Gasteiger partial charge >= 0.3 is 0 Å². The van der Waals surface area contributed by atoms with Gasteiger partial charge in [-0.3, -0.25) is 0 Å². The molecule has 0 saturated carbocycles. The van der Waals surface area contributed by atoms with Crippen molar-refractivity contribution in [1.29, 1.82) is 0 Å². The summed E-state index contributed by atoms with van der Waals surface area (Å²) in [5.74, 6) is -1.50. The van der Waals surface area contributed by atoms with Crippen LogP contribution in [0.4, 0.5) is 0 Å². The molecule has 0 aromatic heterocycles. The normalized spacial score (nSPS) is 26.8. The van der Waals surface area contributed by atoms with Crippen molar-refractivity contribution in [2.24, 2.45) is 0 Å². The Kier molecular flexibility index (Phi) is 0.254. The Balaban J connectivity index is 2.47. The molecule has 0 atom stereocenters. The third-order valence-corrected chi connectivity index (χ3v) is 0.465. The minimum absolute atomic E-state index is 1.30. The molecule has 1 rings (SSSR count). The van der Waals surface area contributed by atoms with Crippen LogP contribution in [0.3, 0.4) is 0 Å². The van der Waals surface area contributed by atoms with Crippen LogP contribution in [-0.4, -0.2) is 16.0 Å². The van der Waals surface area contributed by atoms with E-state index in [1.54, 1.807) is 0 Å². The van der Waals surface area contributed by atoms with E-state index in [0.29, 0.717) is 0 Å². The molecule has 1 aliphatic carbocycles. The topological polar surface area (TPSA) is 40.5 Å². The van der Waals surface area contributed by atoms with Crippen LogP contribution in [0.5, 0.6) is 0 Å². The van der Waals surface area contributed by atoms with Gasteiger partial charge in [0.2, 0.25) is 5.79 Å². The maximum Gasteiger partial charge on any atom is 0.203 e. The van der Waals surface area contributed by atoms with Gasteiger partial charge in [0, 0.05) is 0 Å². The molecule has 0 fully saturated rings. The number of hydrogen-bond donors (Lipinski definition) is 2. The van der Waals surface area contributed by atoms with Crippen molar-refractivity contribution in [3.05, 3.63) is 12.2 Å². The third-order valence-electron chi connectivity index (χ3n) is 0.465. The number of hydrogen-bond acceptors (Lipinski definition) is 2. The lowest BCUT2D eigenvalue weighted by atomic mass is 10.7. The summed E-state index contributed by atoms with van der Waals surface area (Å²) in [6, 6.07) is 0. The lowest BCUT2D eigenvalue weighted by Crippen LogP contribution is -2.04. The van der Waals surface area contributed by atoms with E-state index >= 15 is 0 Å². The minimum atomic E-state index is -1.50. The van der Waals surface area contributed by atoms with Crippen LogP contribution in [0.15, 0.2) is 12.2 Å². The minimum Gasteiger partial charge on any atom is -0.359 e. The maximum atomic E-state index is 8.08. The largest absolute Gasteiger partial charge is 0.359 e. The zero-order valence-corrected chi connectivity index (χ0v) is 2.55. The Bertz CT molecular complexity index is 65.0. The van der Waals surface area contributed by atoms with Gasteiger partial charge in [-0.2, -0.15) is 0 Å². The summed E-state index contributed by atoms with van der Waals surface area (Å²) in [5, 5.41) is 16.2. The molecule has 0 saturated heterocycles. The van der Waals surface area contributed by atoms with Crippen LogP contribution in [0, 0.1) is 0 Å². The van der Waals surface area contributed by atoms with Gasteiger partial charge < -0.3 is 10.2 Å². The first-order valence-corrected chi connectivity index (χ1v) is 1.36. The van der Waals surface area contributed by atoms with E-state index in [4.69, 9.17) is 10.2 Å². The summed E-state index contributed by atoms with van der Waals surface area (Å²) in [5.41, 5.74) is 0. The van der Waals surface area contributed by atoms with Gasteiger partial charge in [-0.15, -0.1) is 0 Å². The SMILES string of the molecule is OC1(O)C=C1. The molecule has 5 heavy (non-hydrogen) atoms. The summed E-state index contributed by atoms with van der Waals surface area (Å²) in [7, 11) is 0. The van der Waals surface area contributed by atoms with Gasteiger partial charge in [-0.25, -0.2) is 0 Å². The molecule has 0 aliphatic heterocycles. The summed E-state index contributed by atoms with van der Waals surface area (Å²) in [6.07, 6.45) is 2.60. The van der Waals surface area contributed by atoms with Crippen molar-refractivity contribution in [2.75, 3.05) is 0 Å². The highest BCUT2D eigenvalue weighted by molar-refractivity contribution is 5.21. The molecule has 1 aliphatic rings. The quantitative estimate of drug-likeness (QED) is 0.291. The van der Waals surface area contributed by atoms with Crippen molar-refractivity contribution in [2.45, 2.75) is 5.79 Å².